The zero-order valence-electron chi connectivity index (χ0n) is 14.5. The molecule has 0 fully saturated rings. The number of pyridine rings is 1. The first-order chi connectivity index (χ1) is 12.0. The summed E-state index contributed by atoms with van der Waals surface area (Å²) in [6.07, 6.45) is 4.16. The van der Waals surface area contributed by atoms with E-state index in [0.29, 0.717) is 6.54 Å². The van der Waals surface area contributed by atoms with Gasteiger partial charge in [-0.1, -0.05) is 12.1 Å². The molecule has 2 aromatic rings. The van der Waals surface area contributed by atoms with Crippen LogP contribution in [0.5, 0.6) is 0 Å². The number of rotatable bonds is 7. The molecule has 0 radical (unpaired) electrons. The Bertz CT molecular complexity index is 704. The summed E-state index contributed by atoms with van der Waals surface area (Å²) < 4.78 is 13.0. The molecule has 1 aromatic heterocycles. The molecular weight excluding hydrogens is 321 g/mol. The fraction of sp³-hybridized carbons (Fsp3) is 0.316. The third kappa shape index (κ3) is 5.99. The topological polar surface area (TPSA) is 53.5 Å². The first-order valence-electron chi connectivity index (χ1n) is 8.08. The summed E-state index contributed by atoms with van der Waals surface area (Å²) in [6, 6.07) is 9.74. The second-order valence-electron chi connectivity index (χ2n) is 5.92. The molecule has 132 valence electrons. The van der Waals surface area contributed by atoms with Crippen LogP contribution in [0.4, 0.5) is 4.39 Å². The molecule has 0 N–H and O–H groups in total. The minimum absolute atomic E-state index is 0.000441. The quantitative estimate of drug-likeness (QED) is 0.775. The van der Waals surface area contributed by atoms with Crippen molar-refractivity contribution >= 4 is 11.8 Å². The average Bonchev–Trinajstić information content (AvgIpc) is 2.61. The number of hydrogen-bond donors (Lipinski definition) is 0. The Labute approximate surface area is 147 Å². The fourth-order valence-corrected chi connectivity index (χ4v) is 2.34. The molecule has 2 amide bonds. The van der Waals surface area contributed by atoms with Crippen LogP contribution in [0.3, 0.4) is 0 Å². The minimum atomic E-state index is -0.329. The molecule has 0 saturated carbocycles. The number of aromatic nitrogens is 1. The van der Waals surface area contributed by atoms with Gasteiger partial charge < -0.3 is 9.80 Å². The van der Waals surface area contributed by atoms with Gasteiger partial charge in [-0.2, -0.15) is 0 Å². The lowest BCUT2D eigenvalue weighted by atomic mass is 10.2. The third-order valence-corrected chi connectivity index (χ3v) is 3.97. The number of nitrogens with zero attached hydrogens (tertiary/aromatic N) is 3. The zero-order chi connectivity index (χ0) is 18.2. The van der Waals surface area contributed by atoms with E-state index in [9.17, 15) is 14.0 Å². The zero-order valence-corrected chi connectivity index (χ0v) is 14.5. The molecule has 0 unspecified atom stereocenters. The van der Waals surface area contributed by atoms with Gasteiger partial charge in [0.05, 0.1) is 0 Å². The van der Waals surface area contributed by atoms with E-state index in [0.717, 1.165) is 17.5 Å². The summed E-state index contributed by atoms with van der Waals surface area (Å²) in [7, 11) is 1.72. The molecule has 0 aliphatic heterocycles. The number of likely N-dealkylation sites (N-methyl/N-ethyl adjacent to an activating group) is 1. The molecule has 0 atom stereocenters. The Morgan fingerprint density at radius 1 is 1.04 bits per heavy atom. The largest absolute Gasteiger partial charge is 0.344 e. The molecule has 6 heteroatoms. The fourth-order valence-electron chi connectivity index (χ4n) is 2.34. The Hall–Kier alpha value is -2.76. The lowest BCUT2D eigenvalue weighted by Crippen LogP contribution is -2.40. The van der Waals surface area contributed by atoms with Crippen molar-refractivity contribution in [2.45, 2.75) is 19.9 Å². The molecule has 2 rings (SSSR count). The van der Waals surface area contributed by atoms with Crippen LogP contribution in [0.2, 0.25) is 0 Å². The molecule has 0 spiro atoms. The molecule has 0 aliphatic rings. The number of benzene rings is 1. The van der Waals surface area contributed by atoms with Crippen LogP contribution < -0.4 is 0 Å². The molecule has 0 saturated heterocycles. The minimum Gasteiger partial charge on any atom is -0.344 e. The summed E-state index contributed by atoms with van der Waals surface area (Å²) in [5.41, 5.74) is 1.88. The normalized spacial score (nSPS) is 10.4. The van der Waals surface area contributed by atoms with Crippen molar-refractivity contribution in [3.63, 3.8) is 0 Å². The van der Waals surface area contributed by atoms with Crippen LogP contribution in [0.25, 0.3) is 0 Å². The Kier molecular flexibility index (Phi) is 6.62. The van der Waals surface area contributed by atoms with Crippen molar-refractivity contribution in [2.24, 2.45) is 0 Å². The molecule has 1 aromatic carbocycles. The van der Waals surface area contributed by atoms with Gasteiger partial charge in [-0.05, 0) is 41.8 Å². The third-order valence-electron chi connectivity index (χ3n) is 3.97. The number of hydrogen-bond acceptors (Lipinski definition) is 3. The number of halogens is 1. The van der Waals surface area contributed by atoms with Gasteiger partial charge in [0.25, 0.3) is 0 Å². The van der Waals surface area contributed by atoms with Crippen LogP contribution in [-0.4, -0.2) is 46.7 Å². The molecule has 1 heterocycles. The number of amides is 2. The van der Waals surface area contributed by atoms with Crippen molar-refractivity contribution in [2.75, 3.05) is 20.1 Å². The van der Waals surface area contributed by atoms with E-state index in [2.05, 4.69) is 4.98 Å². The summed E-state index contributed by atoms with van der Waals surface area (Å²) in [4.78, 5) is 31.2. The Morgan fingerprint density at radius 3 is 2.28 bits per heavy atom. The SMILES string of the molecule is CC(=O)N(CC(=O)N(C)CCc1ccncc1)Cc1ccc(F)cc1. The average molecular weight is 343 g/mol. The van der Waals surface area contributed by atoms with E-state index in [1.807, 2.05) is 12.1 Å². The van der Waals surface area contributed by atoms with Crippen LogP contribution in [-0.2, 0) is 22.6 Å². The molecule has 25 heavy (non-hydrogen) atoms. The number of carbonyl (C=O) groups is 2. The summed E-state index contributed by atoms with van der Waals surface area (Å²) in [6.45, 7) is 2.26. The summed E-state index contributed by atoms with van der Waals surface area (Å²) >= 11 is 0. The van der Waals surface area contributed by atoms with Gasteiger partial charge in [-0.25, -0.2) is 4.39 Å². The van der Waals surface area contributed by atoms with Crippen LogP contribution >= 0.6 is 0 Å². The summed E-state index contributed by atoms with van der Waals surface area (Å²) in [5.74, 6) is -0.656. The van der Waals surface area contributed by atoms with E-state index in [-0.39, 0.29) is 30.7 Å². The molecule has 0 bridgehead atoms. The van der Waals surface area contributed by atoms with E-state index in [1.165, 1.54) is 24.0 Å². The first-order valence-corrected chi connectivity index (χ1v) is 8.08. The van der Waals surface area contributed by atoms with Crippen LogP contribution in [0.15, 0.2) is 48.8 Å². The van der Waals surface area contributed by atoms with Crippen molar-refractivity contribution in [3.05, 3.63) is 65.7 Å². The van der Waals surface area contributed by atoms with Gasteiger partial charge in [0.1, 0.15) is 12.4 Å². The molecule has 5 nitrogen and oxygen atoms in total. The standard InChI is InChI=1S/C19H22FN3O2/c1-15(24)23(13-17-3-5-18(20)6-4-17)14-19(25)22(2)12-9-16-7-10-21-11-8-16/h3-8,10-11H,9,12-14H2,1-2H3. The van der Waals surface area contributed by atoms with E-state index < -0.39 is 0 Å². The monoisotopic (exact) mass is 343 g/mol. The van der Waals surface area contributed by atoms with Crippen molar-refractivity contribution < 1.29 is 14.0 Å². The van der Waals surface area contributed by atoms with Crippen molar-refractivity contribution in [1.82, 2.24) is 14.8 Å². The predicted molar refractivity (Wildman–Crippen MR) is 93.1 cm³/mol. The Morgan fingerprint density at radius 2 is 1.68 bits per heavy atom. The smallest absolute Gasteiger partial charge is 0.241 e. The van der Waals surface area contributed by atoms with Gasteiger partial charge in [-0.3, -0.25) is 14.6 Å². The van der Waals surface area contributed by atoms with E-state index in [4.69, 9.17) is 0 Å². The lowest BCUT2D eigenvalue weighted by molar-refractivity contribution is -0.139. The highest BCUT2D eigenvalue weighted by molar-refractivity contribution is 5.83. The van der Waals surface area contributed by atoms with E-state index >= 15 is 0 Å². The maximum Gasteiger partial charge on any atom is 0.241 e. The van der Waals surface area contributed by atoms with Crippen LogP contribution in [0.1, 0.15) is 18.1 Å². The first kappa shape index (κ1) is 18.6. The number of carbonyl (C=O) groups excluding carboxylic acids is 2. The van der Waals surface area contributed by atoms with Crippen LogP contribution in [0, 0.1) is 5.82 Å². The molecule has 0 aliphatic carbocycles. The van der Waals surface area contributed by atoms with Gasteiger partial charge in [-0.15, -0.1) is 0 Å². The predicted octanol–water partition coefficient (Wildman–Crippen LogP) is 2.27. The van der Waals surface area contributed by atoms with Gasteiger partial charge in [0.2, 0.25) is 11.8 Å². The second kappa shape index (κ2) is 8.92. The van der Waals surface area contributed by atoms with Gasteiger partial charge in [0.15, 0.2) is 0 Å². The maximum absolute atomic E-state index is 13.0. The van der Waals surface area contributed by atoms with E-state index in [1.54, 1.807) is 36.5 Å². The van der Waals surface area contributed by atoms with Gasteiger partial charge in [0, 0.05) is 39.5 Å². The highest BCUT2D eigenvalue weighted by Gasteiger charge is 2.17. The second-order valence-corrected chi connectivity index (χ2v) is 5.92. The van der Waals surface area contributed by atoms with Crippen molar-refractivity contribution in [3.8, 4) is 0 Å². The van der Waals surface area contributed by atoms with Gasteiger partial charge >= 0.3 is 0 Å². The maximum atomic E-state index is 13.0. The van der Waals surface area contributed by atoms with Crippen molar-refractivity contribution in [1.29, 1.82) is 0 Å². The Balaban J connectivity index is 1.90. The highest BCUT2D eigenvalue weighted by Crippen LogP contribution is 2.08. The molecular formula is C19H22FN3O2. The summed E-state index contributed by atoms with van der Waals surface area (Å²) in [5, 5.41) is 0. The highest BCUT2D eigenvalue weighted by atomic mass is 19.1. The lowest BCUT2D eigenvalue weighted by Gasteiger charge is -2.24.